The van der Waals surface area contributed by atoms with E-state index in [1.807, 2.05) is 18.2 Å². The molecule has 0 aliphatic rings. The zero-order valence-electron chi connectivity index (χ0n) is 9.98. The summed E-state index contributed by atoms with van der Waals surface area (Å²) in [4.78, 5) is 16.1. The third-order valence-electron chi connectivity index (χ3n) is 2.77. The zero-order valence-corrected chi connectivity index (χ0v) is 12.3. The molecular weight excluding hydrogens is 320 g/mol. The van der Waals surface area contributed by atoms with Gasteiger partial charge in [0.2, 0.25) is 0 Å². The van der Waals surface area contributed by atoms with Crippen molar-refractivity contribution in [3.63, 3.8) is 0 Å². The summed E-state index contributed by atoms with van der Waals surface area (Å²) >= 11 is 9.30. The molecule has 0 aliphatic carbocycles. The molecule has 0 fully saturated rings. The molecule has 1 atom stereocenters. The van der Waals surface area contributed by atoms with Crippen LogP contribution in [0.3, 0.4) is 0 Å². The summed E-state index contributed by atoms with van der Waals surface area (Å²) in [5, 5.41) is 0. The zero-order chi connectivity index (χ0) is 13.3. The van der Waals surface area contributed by atoms with Crippen LogP contribution in [0.2, 0.25) is 0 Å². The standard InChI is InChI=1S/C12H12BrClN2O2/c1-7(12(17)18-2)16-10-5-8(13)3-4-9(10)15-11(16)6-14/h3-5,7H,6H2,1-2H3. The summed E-state index contributed by atoms with van der Waals surface area (Å²) in [7, 11) is 1.37. The van der Waals surface area contributed by atoms with Gasteiger partial charge in [0, 0.05) is 4.47 Å². The number of aromatic nitrogens is 2. The number of carbonyl (C=O) groups excluding carboxylic acids is 1. The normalized spacial score (nSPS) is 12.7. The molecule has 0 bridgehead atoms. The van der Waals surface area contributed by atoms with Crippen LogP contribution in [0.15, 0.2) is 22.7 Å². The van der Waals surface area contributed by atoms with Crippen molar-refractivity contribution in [2.24, 2.45) is 0 Å². The number of hydrogen-bond acceptors (Lipinski definition) is 3. The molecule has 2 rings (SSSR count). The van der Waals surface area contributed by atoms with Crippen molar-refractivity contribution in [2.75, 3.05) is 7.11 Å². The quantitative estimate of drug-likeness (QED) is 0.640. The lowest BCUT2D eigenvalue weighted by Crippen LogP contribution is -2.19. The van der Waals surface area contributed by atoms with Crippen molar-refractivity contribution in [1.82, 2.24) is 9.55 Å². The van der Waals surface area contributed by atoms with E-state index in [-0.39, 0.29) is 11.8 Å². The number of ether oxygens (including phenoxy) is 1. The maximum atomic E-state index is 11.7. The Balaban J connectivity index is 2.65. The molecule has 96 valence electrons. The van der Waals surface area contributed by atoms with Gasteiger partial charge >= 0.3 is 5.97 Å². The third-order valence-corrected chi connectivity index (χ3v) is 3.51. The van der Waals surface area contributed by atoms with Crippen molar-refractivity contribution in [2.45, 2.75) is 18.8 Å². The molecular formula is C12H12BrClN2O2. The van der Waals surface area contributed by atoms with E-state index in [0.29, 0.717) is 5.82 Å². The van der Waals surface area contributed by atoms with E-state index >= 15 is 0 Å². The van der Waals surface area contributed by atoms with E-state index in [9.17, 15) is 4.79 Å². The van der Waals surface area contributed by atoms with Gasteiger partial charge in [0.15, 0.2) is 0 Å². The highest BCUT2D eigenvalue weighted by atomic mass is 79.9. The van der Waals surface area contributed by atoms with Gasteiger partial charge in [-0.05, 0) is 25.1 Å². The van der Waals surface area contributed by atoms with Crippen LogP contribution >= 0.6 is 27.5 Å². The number of fused-ring (bicyclic) bond motifs is 1. The predicted octanol–water partition coefficient (Wildman–Crippen LogP) is 3.27. The number of methoxy groups -OCH3 is 1. The fraction of sp³-hybridized carbons (Fsp3) is 0.333. The Bertz CT molecular complexity index is 597. The van der Waals surface area contributed by atoms with Gasteiger partial charge in [0.05, 0.1) is 24.0 Å². The number of alkyl halides is 1. The number of carbonyl (C=O) groups is 1. The molecule has 4 nitrogen and oxygen atoms in total. The maximum Gasteiger partial charge on any atom is 0.328 e. The lowest BCUT2D eigenvalue weighted by Gasteiger charge is -2.14. The Morgan fingerprint density at radius 3 is 2.94 bits per heavy atom. The summed E-state index contributed by atoms with van der Waals surface area (Å²) in [6.07, 6.45) is 0. The van der Waals surface area contributed by atoms with Gasteiger partial charge in [0.1, 0.15) is 11.9 Å². The molecule has 1 aromatic carbocycles. The van der Waals surface area contributed by atoms with E-state index in [1.165, 1.54) is 7.11 Å². The number of halogens is 2. The van der Waals surface area contributed by atoms with Crippen molar-refractivity contribution in [3.8, 4) is 0 Å². The summed E-state index contributed by atoms with van der Waals surface area (Å²) in [6, 6.07) is 5.25. The average molecular weight is 332 g/mol. The second-order valence-corrected chi connectivity index (χ2v) is 5.05. The fourth-order valence-electron chi connectivity index (χ4n) is 1.92. The topological polar surface area (TPSA) is 44.1 Å². The second-order valence-electron chi connectivity index (χ2n) is 3.86. The molecule has 0 saturated heterocycles. The molecule has 18 heavy (non-hydrogen) atoms. The first-order chi connectivity index (χ1) is 8.58. The Hall–Kier alpha value is -1.07. The molecule has 0 N–H and O–H groups in total. The summed E-state index contributed by atoms with van der Waals surface area (Å²) in [5.74, 6) is 0.580. The first-order valence-electron chi connectivity index (χ1n) is 5.38. The third kappa shape index (κ3) is 2.24. The lowest BCUT2D eigenvalue weighted by molar-refractivity contribution is -0.143. The Morgan fingerprint density at radius 1 is 1.61 bits per heavy atom. The van der Waals surface area contributed by atoms with E-state index in [4.69, 9.17) is 16.3 Å². The van der Waals surface area contributed by atoms with Gasteiger partial charge in [0.25, 0.3) is 0 Å². The minimum Gasteiger partial charge on any atom is -0.467 e. The van der Waals surface area contributed by atoms with Crippen LogP contribution in [0.1, 0.15) is 18.8 Å². The van der Waals surface area contributed by atoms with Gasteiger partial charge in [-0.1, -0.05) is 15.9 Å². The Labute approximate surface area is 118 Å². The van der Waals surface area contributed by atoms with Crippen LogP contribution < -0.4 is 0 Å². The van der Waals surface area contributed by atoms with Crippen LogP contribution in [0, 0.1) is 0 Å². The number of imidazole rings is 1. The predicted molar refractivity (Wildman–Crippen MR) is 73.7 cm³/mol. The number of rotatable bonds is 3. The number of nitrogens with zero attached hydrogens (tertiary/aromatic N) is 2. The molecule has 1 aromatic heterocycles. The highest BCUT2D eigenvalue weighted by molar-refractivity contribution is 9.10. The monoisotopic (exact) mass is 330 g/mol. The lowest BCUT2D eigenvalue weighted by atomic mass is 10.2. The minimum atomic E-state index is -0.456. The van der Waals surface area contributed by atoms with E-state index < -0.39 is 6.04 Å². The SMILES string of the molecule is COC(=O)C(C)n1c(CCl)nc2ccc(Br)cc21. The molecule has 0 saturated carbocycles. The minimum absolute atomic E-state index is 0.244. The Kier molecular flexibility index (Phi) is 3.92. The second kappa shape index (κ2) is 5.28. The largest absolute Gasteiger partial charge is 0.467 e. The van der Waals surface area contributed by atoms with Crippen molar-refractivity contribution in [1.29, 1.82) is 0 Å². The van der Waals surface area contributed by atoms with Gasteiger partial charge in [-0.3, -0.25) is 0 Å². The van der Waals surface area contributed by atoms with Gasteiger partial charge in [-0.25, -0.2) is 9.78 Å². The highest BCUT2D eigenvalue weighted by Gasteiger charge is 2.21. The van der Waals surface area contributed by atoms with Gasteiger partial charge in [-0.2, -0.15) is 0 Å². The summed E-state index contributed by atoms with van der Waals surface area (Å²) in [6.45, 7) is 1.77. The molecule has 0 radical (unpaired) electrons. The summed E-state index contributed by atoms with van der Waals surface area (Å²) < 4.78 is 7.50. The Morgan fingerprint density at radius 2 is 2.33 bits per heavy atom. The van der Waals surface area contributed by atoms with Crippen LogP contribution in [0.5, 0.6) is 0 Å². The van der Waals surface area contributed by atoms with Crippen LogP contribution in [0.25, 0.3) is 11.0 Å². The average Bonchev–Trinajstić information content (AvgIpc) is 2.74. The van der Waals surface area contributed by atoms with Crippen molar-refractivity contribution < 1.29 is 9.53 Å². The van der Waals surface area contributed by atoms with E-state index in [0.717, 1.165) is 15.5 Å². The van der Waals surface area contributed by atoms with Crippen LogP contribution in [-0.4, -0.2) is 22.6 Å². The number of esters is 1. The maximum absolute atomic E-state index is 11.7. The van der Waals surface area contributed by atoms with E-state index in [1.54, 1.807) is 11.5 Å². The molecule has 1 unspecified atom stereocenters. The number of hydrogen-bond donors (Lipinski definition) is 0. The van der Waals surface area contributed by atoms with Crippen LogP contribution in [0.4, 0.5) is 0 Å². The molecule has 6 heteroatoms. The first kappa shape index (κ1) is 13.4. The number of benzene rings is 1. The smallest absolute Gasteiger partial charge is 0.328 e. The fourth-order valence-corrected chi connectivity index (χ4v) is 2.46. The van der Waals surface area contributed by atoms with Gasteiger partial charge in [-0.15, -0.1) is 11.6 Å². The highest BCUT2D eigenvalue weighted by Crippen LogP contribution is 2.25. The first-order valence-corrected chi connectivity index (χ1v) is 6.71. The molecule has 0 aliphatic heterocycles. The van der Waals surface area contributed by atoms with Crippen LogP contribution in [-0.2, 0) is 15.4 Å². The molecule has 0 spiro atoms. The molecule has 0 amide bonds. The molecule has 2 aromatic rings. The van der Waals surface area contributed by atoms with Crippen molar-refractivity contribution in [3.05, 3.63) is 28.5 Å². The van der Waals surface area contributed by atoms with Crippen molar-refractivity contribution >= 4 is 44.5 Å². The summed E-state index contributed by atoms with van der Waals surface area (Å²) in [5.41, 5.74) is 1.67. The molecule has 1 heterocycles. The van der Waals surface area contributed by atoms with Gasteiger partial charge < -0.3 is 9.30 Å². The van der Waals surface area contributed by atoms with E-state index in [2.05, 4.69) is 20.9 Å².